The maximum absolute atomic E-state index is 12.0. The highest BCUT2D eigenvalue weighted by Crippen LogP contribution is 2.70. The Hall–Kier alpha value is -14.0. The molecule has 1 unspecified atom stereocenters. The molecule has 5 aliphatic rings. The largest absolute Gasteiger partial charge is 0.508 e. The van der Waals surface area contributed by atoms with Crippen LogP contribution in [0.2, 0.25) is 0 Å². The van der Waals surface area contributed by atoms with Gasteiger partial charge in [0.25, 0.3) is 5.79 Å². The number of ether oxygens (including phenoxy) is 2. The molecule has 12 aromatic rings. The van der Waals surface area contributed by atoms with Gasteiger partial charge in [-0.05, 0) is 267 Å². The van der Waals surface area contributed by atoms with Crippen LogP contribution in [0.25, 0.3) is 0 Å². The summed E-state index contributed by atoms with van der Waals surface area (Å²) in [5.74, 6) is -6.10. The summed E-state index contributed by atoms with van der Waals surface area (Å²) in [7, 11) is 0. The number of aryl methyl sites for hydroxylation is 8. The molecule has 17 rings (SSSR count). The predicted molar refractivity (Wildman–Crippen MR) is 513 cm³/mol. The zero-order chi connectivity index (χ0) is 98.7. The summed E-state index contributed by atoms with van der Waals surface area (Å²) in [6, 6.07) is 40.2. The van der Waals surface area contributed by atoms with Crippen molar-refractivity contribution in [1.29, 1.82) is 0 Å². The van der Waals surface area contributed by atoms with Crippen molar-refractivity contribution in [3.05, 3.63) is 284 Å². The fourth-order valence-electron chi connectivity index (χ4n) is 22.3. The van der Waals surface area contributed by atoms with E-state index >= 15 is 0 Å². The quantitative estimate of drug-likeness (QED) is 0.0535. The Morgan fingerprint density at radius 3 is 0.806 bits per heavy atom. The van der Waals surface area contributed by atoms with Crippen LogP contribution >= 0.6 is 0 Å². The average molecular weight is 1830 g/mol. The third kappa shape index (κ3) is 16.8. The molecule has 2 aliphatic heterocycles. The highest BCUT2D eigenvalue weighted by atomic mass is 16.7. The monoisotopic (exact) mass is 1820 g/mol. The number of hydrogen-bond acceptors (Lipinski definition) is 23. The standard InChI is InChI=1S/C51H56O6.C21H24O8.C21H24O6.C18H20O3/c1-27-11-35(12-28(2)45(27)52)19-39-23-43(24-40(49(39)56)20-36-13-29(3)46(53)30(4)14-36)51(9,10)44-25-41(21-37-15-31(5)47(54)32(6)16-37)50(57)42(26-44)22-38-17-33(7)48(55)34(8)18-38;1-19(2)7-21(28-17-9(19)5-11(22)13(24)15(17)26)8-20(3,4)10-6-12(23)14(25)16(27)18(10)29-21;1-19(2)7-21(13-9(19)5-11(22)15(24)17(13)26)8-20(3,4)10-6-12(23)16(25)18(27)14(10)21;1-17(2)10-18(3,11-4-6-12(19)7-5-11)14-9-16(21)15(20)8-13(14)17/h11-18,23-26,52-57H,19-22H2,1-10H3;5-6,22-27H,7-8H2,1-4H3;5-6,22-27H,7-8H2,1-4H3;4-9,19-21H,10H2,1-3H3. The molecular weight excluding hydrogens is 1700 g/mol. The van der Waals surface area contributed by atoms with E-state index in [9.17, 15) is 107 Å². The van der Waals surface area contributed by atoms with Crippen LogP contribution in [-0.4, -0.2) is 113 Å². The molecule has 21 N–H and O–H groups in total. The molecule has 2 spiro atoms. The Balaban J connectivity index is 0.000000156. The molecule has 0 saturated heterocycles. The molecular formula is C111H124O23. The lowest BCUT2D eigenvalue weighted by atomic mass is 9.69. The number of phenols is 21. The van der Waals surface area contributed by atoms with Gasteiger partial charge in [-0.1, -0.05) is 175 Å². The van der Waals surface area contributed by atoms with E-state index in [1.807, 2.05) is 171 Å². The van der Waals surface area contributed by atoms with Crippen LogP contribution in [0.5, 0.6) is 132 Å². The van der Waals surface area contributed by atoms with E-state index in [1.54, 1.807) is 24.3 Å². The minimum Gasteiger partial charge on any atom is -0.508 e. The van der Waals surface area contributed by atoms with Gasteiger partial charge >= 0.3 is 0 Å². The van der Waals surface area contributed by atoms with Crippen LogP contribution in [0.3, 0.4) is 0 Å². The zero-order valence-electron chi connectivity index (χ0n) is 79.8. The second-order valence-corrected chi connectivity index (χ2v) is 42.2. The Morgan fingerprint density at radius 2 is 0.507 bits per heavy atom. The molecule has 0 aromatic heterocycles. The lowest BCUT2D eigenvalue weighted by molar-refractivity contribution is -0.168. The van der Waals surface area contributed by atoms with E-state index < -0.39 is 107 Å². The van der Waals surface area contributed by atoms with Crippen LogP contribution < -0.4 is 9.47 Å². The van der Waals surface area contributed by atoms with Gasteiger partial charge in [-0.3, -0.25) is 0 Å². The molecule has 3 aliphatic carbocycles. The summed E-state index contributed by atoms with van der Waals surface area (Å²) in [5.41, 5.74) is 17.6. The molecule has 0 fully saturated rings. The lowest BCUT2D eigenvalue weighted by Crippen LogP contribution is -2.55. The van der Waals surface area contributed by atoms with Crippen molar-refractivity contribution in [2.75, 3.05) is 0 Å². The van der Waals surface area contributed by atoms with Gasteiger partial charge in [0.2, 0.25) is 34.5 Å². The summed E-state index contributed by atoms with van der Waals surface area (Å²) in [5, 5.41) is 218. The van der Waals surface area contributed by atoms with E-state index in [2.05, 4.69) is 58.9 Å². The van der Waals surface area contributed by atoms with Crippen molar-refractivity contribution in [1.82, 2.24) is 0 Å². The van der Waals surface area contributed by atoms with Gasteiger partial charge < -0.3 is 117 Å². The van der Waals surface area contributed by atoms with Gasteiger partial charge in [-0.15, -0.1) is 0 Å². The van der Waals surface area contributed by atoms with Crippen molar-refractivity contribution < 1.29 is 117 Å². The van der Waals surface area contributed by atoms with Crippen molar-refractivity contribution >= 4 is 0 Å². The smallest absolute Gasteiger partial charge is 0.253 e. The van der Waals surface area contributed by atoms with Crippen LogP contribution in [0.4, 0.5) is 0 Å². The minimum atomic E-state index is -1.34. The number of aromatic hydroxyl groups is 21. The van der Waals surface area contributed by atoms with Crippen LogP contribution in [-0.2, 0) is 69.0 Å². The highest BCUT2D eigenvalue weighted by molar-refractivity contribution is 5.75. The molecule has 0 saturated carbocycles. The maximum Gasteiger partial charge on any atom is 0.253 e. The van der Waals surface area contributed by atoms with Gasteiger partial charge in [0.15, 0.2) is 57.5 Å². The molecule has 2 heterocycles. The Labute approximate surface area is 780 Å². The zero-order valence-corrected chi connectivity index (χ0v) is 79.8. The number of fused-ring (bicyclic) bond motifs is 7. The highest BCUT2D eigenvalue weighted by Gasteiger charge is 2.61. The first-order valence-electron chi connectivity index (χ1n) is 44.8. The molecule has 706 valence electrons. The summed E-state index contributed by atoms with van der Waals surface area (Å²) in [6.07, 6.45) is 4.25. The van der Waals surface area contributed by atoms with E-state index in [1.165, 1.54) is 24.3 Å². The number of rotatable bonds is 11. The van der Waals surface area contributed by atoms with Crippen molar-refractivity contribution in [2.45, 2.75) is 252 Å². The topological polar surface area (TPSA) is 443 Å². The van der Waals surface area contributed by atoms with E-state index in [0.717, 1.165) is 123 Å². The van der Waals surface area contributed by atoms with Crippen molar-refractivity contribution in [3.63, 3.8) is 0 Å². The van der Waals surface area contributed by atoms with Gasteiger partial charge in [-0.2, -0.15) is 0 Å². The summed E-state index contributed by atoms with van der Waals surface area (Å²) >= 11 is 0. The molecule has 23 heteroatoms. The van der Waals surface area contributed by atoms with Crippen LogP contribution in [0.15, 0.2) is 133 Å². The van der Waals surface area contributed by atoms with E-state index in [-0.39, 0.29) is 74.1 Å². The second-order valence-electron chi connectivity index (χ2n) is 42.2. The summed E-state index contributed by atoms with van der Waals surface area (Å²) in [6.45, 7) is 41.2. The maximum atomic E-state index is 12.0. The normalized spacial score (nSPS) is 17.1. The SMILES string of the molecule is CC1(C)CC(C)(c2ccc(O)cc2)c2cc(O)c(O)cc21.CC1(C)CC2(CC(C)(C)c3cc(O)c(O)c(O)c32)c2c1cc(O)c(O)c2O.CC1(C)CC2(CC(C)(C)c3cc(O)c(O)c(O)c3O2)Oc2c1cc(O)c(O)c2O.Cc1cc(Cc2cc(C(C)(C)c3cc(Cc4cc(C)c(O)c(C)c4)c(O)c(Cc4cc(C)c(O)c(C)c4)c3)cc(Cc3cc(C)c(O)c(C)c3)c2O)cc(C)c1O. The molecule has 0 amide bonds. The Kier molecular flexibility index (Phi) is 23.9. The molecule has 134 heavy (non-hydrogen) atoms. The first kappa shape index (κ1) is 96.1. The van der Waals surface area contributed by atoms with Gasteiger partial charge in [0.05, 0.1) is 0 Å². The molecule has 0 radical (unpaired) electrons. The Bertz CT molecular complexity index is 6210. The number of hydrogen-bond donors (Lipinski definition) is 21. The van der Waals surface area contributed by atoms with Crippen molar-refractivity contribution in [3.8, 4) is 132 Å². The van der Waals surface area contributed by atoms with Gasteiger partial charge in [-0.25, -0.2) is 0 Å². The molecule has 1 atom stereocenters. The lowest BCUT2D eigenvalue weighted by Gasteiger charge is -2.51. The average Bonchev–Trinajstić information content (AvgIpc) is 1.50. The van der Waals surface area contributed by atoms with E-state index in [0.29, 0.717) is 84.7 Å². The van der Waals surface area contributed by atoms with E-state index in [4.69, 9.17) is 9.47 Å². The van der Waals surface area contributed by atoms with Crippen molar-refractivity contribution in [2.24, 2.45) is 0 Å². The van der Waals surface area contributed by atoms with Gasteiger partial charge in [0, 0.05) is 87.9 Å². The van der Waals surface area contributed by atoms with Gasteiger partial charge in [0.1, 0.15) is 40.2 Å². The molecule has 23 nitrogen and oxygen atoms in total. The third-order valence-corrected chi connectivity index (χ3v) is 28.8. The second kappa shape index (κ2) is 33.3. The fourth-order valence-corrected chi connectivity index (χ4v) is 22.3. The fraction of sp³-hybridized carbons (Fsp3) is 0.351. The first-order chi connectivity index (χ1) is 62.1. The van der Waals surface area contributed by atoms with Crippen LogP contribution in [0.1, 0.15) is 272 Å². The predicted octanol–water partition coefficient (Wildman–Crippen LogP) is 21.9. The first-order valence-corrected chi connectivity index (χ1v) is 44.8. The third-order valence-electron chi connectivity index (χ3n) is 28.8. The number of phenolic OH excluding ortho intramolecular Hbond substituents is 21. The number of benzene rings is 12. The minimum absolute atomic E-state index is 0.0155. The summed E-state index contributed by atoms with van der Waals surface area (Å²) in [4.78, 5) is 0. The summed E-state index contributed by atoms with van der Waals surface area (Å²) < 4.78 is 12.2. The molecule has 12 aromatic carbocycles. The Morgan fingerprint density at radius 1 is 0.254 bits per heavy atom. The molecule has 0 bridgehead atoms. The van der Waals surface area contributed by atoms with Crippen LogP contribution in [0, 0.1) is 55.4 Å².